The van der Waals surface area contributed by atoms with Crippen LogP contribution < -0.4 is 14.8 Å². The number of carbonyl (C=O) groups excluding carboxylic acids is 3. The third-order valence-electron chi connectivity index (χ3n) is 4.29. The summed E-state index contributed by atoms with van der Waals surface area (Å²) in [6, 6.07) is 7.31. The zero-order chi connectivity index (χ0) is 17.6. The first-order valence-corrected chi connectivity index (χ1v) is 7.60. The van der Waals surface area contributed by atoms with Gasteiger partial charge in [0.1, 0.15) is 5.76 Å². The molecule has 0 spiro atoms. The van der Waals surface area contributed by atoms with Crippen LogP contribution in [0, 0.1) is 0 Å². The fourth-order valence-electron chi connectivity index (χ4n) is 2.88. The van der Waals surface area contributed by atoms with Crippen molar-refractivity contribution >= 4 is 17.7 Å². The van der Waals surface area contributed by atoms with E-state index in [9.17, 15) is 14.4 Å². The number of fused-ring (bicyclic) bond motifs is 1. The predicted molar refractivity (Wildman–Crippen MR) is 83.2 cm³/mol. The standard InChI is InChI=1S/C17H14N2O6/c1-17(14-3-2-6-23-14)15(21)19(16(22)18-17)8-11(20)10-4-5-12-13(7-10)25-9-24-12/h2-7H,8-9H2,1H3,(H,18,22). The Morgan fingerprint density at radius 1 is 1.24 bits per heavy atom. The number of ether oxygens (including phenoxy) is 2. The van der Waals surface area contributed by atoms with Crippen molar-refractivity contribution in [3.63, 3.8) is 0 Å². The molecule has 0 aliphatic carbocycles. The van der Waals surface area contributed by atoms with E-state index >= 15 is 0 Å². The van der Waals surface area contributed by atoms with Gasteiger partial charge in [0, 0.05) is 5.56 Å². The lowest BCUT2D eigenvalue weighted by molar-refractivity contribution is -0.131. The van der Waals surface area contributed by atoms with Gasteiger partial charge in [0.05, 0.1) is 12.8 Å². The molecule has 0 radical (unpaired) electrons. The highest BCUT2D eigenvalue weighted by molar-refractivity contribution is 6.11. The summed E-state index contributed by atoms with van der Waals surface area (Å²) in [7, 11) is 0. The number of amides is 3. The lowest BCUT2D eigenvalue weighted by Crippen LogP contribution is -2.41. The molecule has 4 rings (SSSR count). The first-order chi connectivity index (χ1) is 12.0. The third-order valence-corrected chi connectivity index (χ3v) is 4.29. The maximum absolute atomic E-state index is 12.7. The highest BCUT2D eigenvalue weighted by Gasteiger charge is 2.51. The predicted octanol–water partition coefficient (Wildman–Crippen LogP) is 1.66. The molecule has 1 saturated heterocycles. The summed E-state index contributed by atoms with van der Waals surface area (Å²) in [5.74, 6) is 0.399. The van der Waals surface area contributed by atoms with Gasteiger partial charge < -0.3 is 19.2 Å². The van der Waals surface area contributed by atoms with Crippen LogP contribution in [0.3, 0.4) is 0 Å². The van der Waals surface area contributed by atoms with Crippen molar-refractivity contribution in [2.75, 3.05) is 13.3 Å². The van der Waals surface area contributed by atoms with Crippen LogP contribution in [0.25, 0.3) is 0 Å². The highest BCUT2D eigenvalue weighted by Crippen LogP contribution is 2.33. The van der Waals surface area contributed by atoms with E-state index in [1.807, 2.05) is 0 Å². The first kappa shape index (κ1) is 15.3. The maximum Gasteiger partial charge on any atom is 0.325 e. The molecule has 2 aliphatic rings. The van der Waals surface area contributed by atoms with Crippen LogP contribution in [0.5, 0.6) is 11.5 Å². The first-order valence-electron chi connectivity index (χ1n) is 7.60. The fraction of sp³-hybridized carbons (Fsp3) is 0.235. The minimum absolute atomic E-state index is 0.0987. The van der Waals surface area contributed by atoms with Gasteiger partial charge in [-0.2, -0.15) is 0 Å². The van der Waals surface area contributed by atoms with Crippen molar-refractivity contribution in [1.82, 2.24) is 10.2 Å². The molecule has 8 nitrogen and oxygen atoms in total. The van der Waals surface area contributed by atoms with E-state index < -0.39 is 17.5 Å². The number of hydrogen-bond acceptors (Lipinski definition) is 6. The van der Waals surface area contributed by atoms with Crippen LogP contribution in [0.2, 0.25) is 0 Å². The van der Waals surface area contributed by atoms with E-state index in [4.69, 9.17) is 13.9 Å². The van der Waals surface area contributed by atoms with E-state index in [1.54, 1.807) is 24.3 Å². The summed E-state index contributed by atoms with van der Waals surface area (Å²) in [6.45, 7) is 1.26. The van der Waals surface area contributed by atoms with Gasteiger partial charge in [-0.25, -0.2) is 4.79 Å². The molecular weight excluding hydrogens is 328 g/mol. The van der Waals surface area contributed by atoms with E-state index in [1.165, 1.54) is 19.3 Å². The Balaban J connectivity index is 1.55. The van der Waals surface area contributed by atoms with Crippen molar-refractivity contribution in [1.29, 1.82) is 0 Å². The summed E-state index contributed by atoms with van der Waals surface area (Å²) in [6.07, 6.45) is 1.42. The Hall–Kier alpha value is -3.29. The number of Topliss-reactive ketones (excluding diaryl/α,β-unsaturated/α-hetero) is 1. The van der Waals surface area contributed by atoms with Gasteiger partial charge in [-0.15, -0.1) is 0 Å². The van der Waals surface area contributed by atoms with Crippen LogP contribution >= 0.6 is 0 Å². The molecule has 3 amide bonds. The van der Waals surface area contributed by atoms with E-state index in [0.717, 1.165) is 4.90 Å². The molecule has 0 saturated carbocycles. The molecule has 8 heteroatoms. The summed E-state index contributed by atoms with van der Waals surface area (Å²) in [5, 5.41) is 2.58. The Morgan fingerprint density at radius 2 is 2.04 bits per heavy atom. The van der Waals surface area contributed by atoms with Gasteiger partial charge in [0.25, 0.3) is 5.91 Å². The number of rotatable bonds is 4. The molecule has 1 atom stereocenters. The SMILES string of the molecule is CC1(c2ccco2)NC(=O)N(CC(=O)c2ccc3c(c2)OCO3)C1=O. The van der Waals surface area contributed by atoms with E-state index in [2.05, 4.69) is 5.32 Å². The Bertz CT molecular complexity index is 875. The second kappa shape index (κ2) is 5.37. The Labute approximate surface area is 142 Å². The number of nitrogens with one attached hydrogen (secondary N) is 1. The highest BCUT2D eigenvalue weighted by atomic mass is 16.7. The Kier molecular flexibility index (Phi) is 3.28. The van der Waals surface area contributed by atoms with Gasteiger partial charge in [-0.1, -0.05) is 0 Å². The van der Waals surface area contributed by atoms with E-state index in [-0.39, 0.29) is 19.1 Å². The average molecular weight is 342 g/mol. The second-order valence-electron chi connectivity index (χ2n) is 5.91. The normalized spacial score (nSPS) is 21.6. The van der Waals surface area contributed by atoms with Crippen LogP contribution in [0.15, 0.2) is 41.0 Å². The zero-order valence-corrected chi connectivity index (χ0v) is 13.3. The molecular formula is C17H14N2O6. The molecule has 0 bridgehead atoms. The van der Waals surface area contributed by atoms with Crippen molar-refractivity contribution < 1.29 is 28.3 Å². The molecule has 1 N–H and O–H groups in total. The van der Waals surface area contributed by atoms with Crippen molar-refractivity contribution in [2.24, 2.45) is 0 Å². The lowest BCUT2D eigenvalue weighted by Gasteiger charge is -2.18. The third kappa shape index (κ3) is 2.34. The molecule has 2 aliphatic heterocycles. The van der Waals surface area contributed by atoms with Crippen LogP contribution in [-0.4, -0.2) is 36.0 Å². The molecule has 2 aromatic rings. The van der Waals surface area contributed by atoms with Crippen LogP contribution in [-0.2, 0) is 10.3 Å². The van der Waals surface area contributed by atoms with Gasteiger partial charge in [-0.05, 0) is 37.3 Å². The molecule has 128 valence electrons. The van der Waals surface area contributed by atoms with Crippen LogP contribution in [0.4, 0.5) is 4.79 Å². The molecule has 1 fully saturated rings. The summed E-state index contributed by atoms with van der Waals surface area (Å²) >= 11 is 0. The number of furan rings is 1. The minimum atomic E-state index is -1.32. The molecule has 3 heterocycles. The zero-order valence-electron chi connectivity index (χ0n) is 13.3. The smallest absolute Gasteiger partial charge is 0.325 e. The van der Waals surface area contributed by atoms with Gasteiger partial charge >= 0.3 is 6.03 Å². The largest absolute Gasteiger partial charge is 0.466 e. The summed E-state index contributed by atoms with van der Waals surface area (Å²) in [5.41, 5.74) is -0.994. The van der Waals surface area contributed by atoms with Gasteiger partial charge in [0.2, 0.25) is 6.79 Å². The number of imide groups is 1. The van der Waals surface area contributed by atoms with Crippen molar-refractivity contribution in [3.05, 3.63) is 47.9 Å². The number of carbonyl (C=O) groups is 3. The number of urea groups is 1. The maximum atomic E-state index is 12.7. The average Bonchev–Trinajstić information content (AvgIpc) is 3.31. The van der Waals surface area contributed by atoms with Crippen molar-refractivity contribution in [2.45, 2.75) is 12.5 Å². The number of ketones is 1. The van der Waals surface area contributed by atoms with Crippen LogP contribution in [0.1, 0.15) is 23.0 Å². The summed E-state index contributed by atoms with van der Waals surface area (Å²) < 4.78 is 15.7. The van der Waals surface area contributed by atoms with Gasteiger partial charge in [-0.3, -0.25) is 14.5 Å². The van der Waals surface area contributed by atoms with Gasteiger partial charge in [0.15, 0.2) is 22.8 Å². The molecule has 1 aromatic heterocycles. The van der Waals surface area contributed by atoms with E-state index in [0.29, 0.717) is 22.8 Å². The fourth-order valence-corrected chi connectivity index (χ4v) is 2.88. The quantitative estimate of drug-likeness (QED) is 0.670. The second-order valence-corrected chi connectivity index (χ2v) is 5.91. The number of benzene rings is 1. The lowest BCUT2D eigenvalue weighted by atomic mass is 9.99. The monoisotopic (exact) mass is 342 g/mol. The topological polar surface area (TPSA) is 98.1 Å². The van der Waals surface area contributed by atoms with Crippen molar-refractivity contribution in [3.8, 4) is 11.5 Å². The molecule has 1 unspecified atom stereocenters. The Morgan fingerprint density at radius 3 is 2.80 bits per heavy atom. The number of hydrogen-bond donors (Lipinski definition) is 1. The minimum Gasteiger partial charge on any atom is -0.466 e. The molecule has 25 heavy (non-hydrogen) atoms. The summed E-state index contributed by atoms with van der Waals surface area (Å²) in [4.78, 5) is 38.3. The number of nitrogens with zero attached hydrogens (tertiary/aromatic N) is 1. The molecule has 1 aromatic carbocycles.